The zero-order valence-electron chi connectivity index (χ0n) is 12.4. The molecule has 1 aromatic rings. The number of benzene rings is 1. The third-order valence-corrected chi connectivity index (χ3v) is 2.85. The van der Waals surface area contributed by atoms with Crippen LogP contribution in [0.25, 0.3) is 0 Å². The molecule has 0 radical (unpaired) electrons. The van der Waals surface area contributed by atoms with Gasteiger partial charge in [-0.2, -0.15) is 0 Å². The molecule has 0 bridgehead atoms. The molecule has 6 heteroatoms. The van der Waals surface area contributed by atoms with Gasteiger partial charge in [-0.25, -0.2) is 0 Å². The van der Waals surface area contributed by atoms with Gasteiger partial charge in [-0.3, -0.25) is 9.59 Å². The van der Waals surface area contributed by atoms with Crippen LogP contribution in [-0.4, -0.2) is 18.4 Å². The predicted octanol–water partition coefficient (Wildman–Crippen LogP) is 2.91. The maximum absolute atomic E-state index is 11.7. The van der Waals surface area contributed by atoms with Crippen molar-refractivity contribution in [1.29, 1.82) is 0 Å². The third kappa shape index (κ3) is 9.05. The molecule has 5 nitrogen and oxygen atoms in total. The Bertz CT molecular complexity index is 435. The highest BCUT2D eigenvalue weighted by molar-refractivity contribution is 5.92. The average Bonchev–Trinajstić information content (AvgIpc) is 2.40. The number of carbonyl (C=O) groups excluding carboxylic acids is 2. The maximum atomic E-state index is 11.7. The number of halogens is 1. The number of unbranched alkanes of at least 4 members (excludes halogenated alkanes) is 3. The fraction of sp³-hybridized carbons (Fsp3) is 0.467. The Labute approximate surface area is 132 Å². The van der Waals surface area contributed by atoms with Crippen molar-refractivity contribution in [3.63, 3.8) is 0 Å². The van der Waals surface area contributed by atoms with Crippen LogP contribution in [0.4, 0.5) is 11.4 Å². The van der Waals surface area contributed by atoms with Crippen molar-refractivity contribution in [2.24, 2.45) is 5.73 Å². The molecule has 0 aliphatic rings. The van der Waals surface area contributed by atoms with E-state index in [0.29, 0.717) is 13.0 Å². The molecule has 0 heterocycles. The summed E-state index contributed by atoms with van der Waals surface area (Å²) in [6, 6.07) is 7.08. The minimum atomic E-state index is -0.112. The van der Waals surface area contributed by atoms with Crippen LogP contribution in [0, 0.1) is 0 Å². The number of carbonyl (C=O) groups is 2. The first-order valence-electron chi connectivity index (χ1n) is 6.99. The second kappa shape index (κ2) is 11.1. The summed E-state index contributed by atoms with van der Waals surface area (Å²) in [6.07, 6.45) is 4.54. The molecule has 0 aliphatic heterocycles. The summed E-state index contributed by atoms with van der Waals surface area (Å²) in [4.78, 5) is 22.6. The monoisotopic (exact) mass is 313 g/mol. The van der Waals surface area contributed by atoms with Gasteiger partial charge in [-0.1, -0.05) is 12.8 Å². The largest absolute Gasteiger partial charge is 0.330 e. The normalized spacial score (nSPS) is 9.62. The van der Waals surface area contributed by atoms with Gasteiger partial charge in [0.05, 0.1) is 0 Å². The molecular weight excluding hydrogens is 290 g/mol. The van der Waals surface area contributed by atoms with Crippen LogP contribution in [0.15, 0.2) is 24.3 Å². The van der Waals surface area contributed by atoms with Crippen molar-refractivity contribution < 1.29 is 9.59 Å². The number of rotatable bonds is 8. The number of nitrogens with two attached hydrogens (primary N) is 1. The van der Waals surface area contributed by atoms with E-state index >= 15 is 0 Å². The van der Waals surface area contributed by atoms with E-state index in [2.05, 4.69) is 10.6 Å². The molecule has 1 aromatic carbocycles. The van der Waals surface area contributed by atoms with E-state index < -0.39 is 0 Å². The van der Waals surface area contributed by atoms with Crippen molar-refractivity contribution in [2.45, 2.75) is 39.0 Å². The quantitative estimate of drug-likeness (QED) is 0.645. The van der Waals surface area contributed by atoms with E-state index in [-0.39, 0.29) is 24.2 Å². The Morgan fingerprint density at radius 3 is 2.00 bits per heavy atom. The van der Waals surface area contributed by atoms with E-state index in [1.54, 1.807) is 24.3 Å². The first-order chi connectivity index (χ1) is 9.61. The van der Waals surface area contributed by atoms with Crippen LogP contribution in [0.1, 0.15) is 39.0 Å². The Morgan fingerprint density at radius 1 is 0.952 bits per heavy atom. The first kappa shape index (κ1) is 19.4. The van der Waals surface area contributed by atoms with Gasteiger partial charge in [0.1, 0.15) is 0 Å². The van der Waals surface area contributed by atoms with Gasteiger partial charge >= 0.3 is 0 Å². The summed E-state index contributed by atoms with van der Waals surface area (Å²) < 4.78 is 0. The number of hydrogen-bond acceptors (Lipinski definition) is 3. The summed E-state index contributed by atoms with van der Waals surface area (Å²) >= 11 is 0. The molecule has 2 amide bonds. The van der Waals surface area contributed by atoms with Crippen molar-refractivity contribution in [3.8, 4) is 0 Å². The molecule has 118 valence electrons. The standard InChI is InChI=1S/C15H23N3O2.ClH/c1-12(19)17-13-7-9-14(10-8-13)18-15(20)6-4-2-3-5-11-16;/h7-10H,2-6,11,16H2,1H3,(H,17,19)(H,18,20);1H. The van der Waals surface area contributed by atoms with Crippen molar-refractivity contribution in [3.05, 3.63) is 24.3 Å². The topological polar surface area (TPSA) is 84.2 Å². The lowest BCUT2D eigenvalue weighted by Gasteiger charge is -2.07. The molecule has 0 saturated carbocycles. The molecule has 0 atom stereocenters. The van der Waals surface area contributed by atoms with E-state index in [4.69, 9.17) is 5.73 Å². The fourth-order valence-electron chi connectivity index (χ4n) is 1.85. The molecule has 21 heavy (non-hydrogen) atoms. The lowest BCUT2D eigenvalue weighted by atomic mass is 10.1. The maximum Gasteiger partial charge on any atom is 0.224 e. The highest BCUT2D eigenvalue weighted by Gasteiger charge is 2.02. The SMILES string of the molecule is CC(=O)Nc1ccc(NC(=O)CCCCCCN)cc1.Cl. The second-order valence-electron chi connectivity index (χ2n) is 4.76. The van der Waals surface area contributed by atoms with E-state index in [1.807, 2.05) is 0 Å². The van der Waals surface area contributed by atoms with Crippen molar-refractivity contribution in [2.75, 3.05) is 17.2 Å². The van der Waals surface area contributed by atoms with Gasteiger partial charge in [0, 0.05) is 24.7 Å². The molecular formula is C15H24ClN3O2. The summed E-state index contributed by atoms with van der Waals surface area (Å²) in [5.41, 5.74) is 6.87. The number of amides is 2. The highest BCUT2D eigenvalue weighted by atomic mass is 35.5. The Hall–Kier alpha value is -1.59. The van der Waals surface area contributed by atoms with E-state index in [0.717, 1.165) is 37.1 Å². The zero-order chi connectivity index (χ0) is 14.8. The predicted molar refractivity (Wildman–Crippen MR) is 88.8 cm³/mol. The van der Waals surface area contributed by atoms with E-state index in [9.17, 15) is 9.59 Å². The lowest BCUT2D eigenvalue weighted by Crippen LogP contribution is -2.11. The average molecular weight is 314 g/mol. The summed E-state index contributed by atoms with van der Waals surface area (Å²) in [7, 11) is 0. The van der Waals surface area contributed by atoms with Crippen LogP contribution in [0.2, 0.25) is 0 Å². The van der Waals surface area contributed by atoms with Crippen molar-refractivity contribution in [1.82, 2.24) is 0 Å². The zero-order valence-corrected chi connectivity index (χ0v) is 13.2. The van der Waals surface area contributed by atoms with Crippen LogP contribution in [0.5, 0.6) is 0 Å². The van der Waals surface area contributed by atoms with Gasteiger partial charge in [-0.15, -0.1) is 12.4 Å². The minimum absolute atomic E-state index is 0. The summed E-state index contributed by atoms with van der Waals surface area (Å²) in [5, 5.41) is 5.51. The Kier molecular flexibility index (Phi) is 10.3. The Balaban J connectivity index is 0.00000400. The van der Waals surface area contributed by atoms with Gasteiger partial charge in [-0.05, 0) is 43.7 Å². The summed E-state index contributed by atoms with van der Waals surface area (Å²) in [6.45, 7) is 2.17. The number of hydrogen-bond donors (Lipinski definition) is 3. The highest BCUT2D eigenvalue weighted by Crippen LogP contribution is 2.14. The smallest absolute Gasteiger partial charge is 0.224 e. The van der Waals surface area contributed by atoms with Gasteiger partial charge in [0.15, 0.2) is 0 Å². The number of anilines is 2. The van der Waals surface area contributed by atoms with Gasteiger partial charge in [0.2, 0.25) is 11.8 Å². The molecule has 0 fully saturated rings. The lowest BCUT2D eigenvalue weighted by molar-refractivity contribution is -0.116. The van der Waals surface area contributed by atoms with E-state index in [1.165, 1.54) is 6.92 Å². The fourth-order valence-corrected chi connectivity index (χ4v) is 1.85. The van der Waals surface area contributed by atoms with Crippen LogP contribution in [-0.2, 0) is 9.59 Å². The molecule has 4 N–H and O–H groups in total. The van der Waals surface area contributed by atoms with Gasteiger partial charge in [0.25, 0.3) is 0 Å². The number of nitrogens with one attached hydrogen (secondary N) is 2. The molecule has 1 rings (SSSR count). The Morgan fingerprint density at radius 2 is 1.48 bits per heavy atom. The molecule has 0 saturated heterocycles. The molecule has 0 aromatic heterocycles. The van der Waals surface area contributed by atoms with Crippen LogP contribution in [0.3, 0.4) is 0 Å². The minimum Gasteiger partial charge on any atom is -0.330 e. The first-order valence-corrected chi connectivity index (χ1v) is 6.99. The van der Waals surface area contributed by atoms with Gasteiger partial charge < -0.3 is 16.4 Å². The molecule has 0 unspecified atom stereocenters. The molecule has 0 aliphatic carbocycles. The van der Waals surface area contributed by atoms with Crippen LogP contribution >= 0.6 is 12.4 Å². The van der Waals surface area contributed by atoms with Crippen molar-refractivity contribution >= 4 is 35.6 Å². The summed E-state index contributed by atoms with van der Waals surface area (Å²) in [5.74, 6) is -0.0932. The second-order valence-corrected chi connectivity index (χ2v) is 4.76. The molecule has 0 spiro atoms. The third-order valence-electron chi connectivity index (χ3n) is 2.85. The van der Waals surface area contributed by atoms with Crippen LogP contribution < -0.4 is 16.4 Å².